The van der Waals surface area contributed by atoms with E-state index in [2.05, 4.69) is 32.3 Å². The Morgan fingerprint density at radius 1 is 1.24 bits per heavy atom. The molecule has 5 nitrogen and oxygen atoms in total. The molecule has 0 unspecified atom stereocenters. The third-order valence-corrected chi connectivity index (χ3v) is 6.00. The average molecular weight is 340 g/mol. The molecule has 2 fully saturated rings. The standard InChI is InChI=1S/C20H28N4O/c1-13-8-14(2)23-20(22-13)24-7-3-4-17(12-24)19(25)21-11-18-10-15-5-6-16(18)9-15/h5-6,8,15-18H,3-4,7,9-12H2,1-2H3,(H,21,25)/t15-,16-,17-,18+/m0/s1. The molecule has 4 atom stereocenters. The third-order valence-electron chi connectivity index (χ3n) is 6.00. The molecule has 2 bridgehead atoms. The van der Waals surface area contributed by atoms with Crippen LogP contribution in [-0.2, 0) is 4.79 Å². The summed E-state index contributed by atoms with van der Waals surface area (Å²) in [4.78, 5) is 24.0. The van der Waals surface area contributed by atoms with E-state index < -0.39 is 0 Å². The summed E-state index contributed by atoms with van der Waals surface area (Å²) in [6.07, 6.45) is 9.22. The summed E-state index contributed by atoms with van der Waals surface area (Å²) < 4.78 is 0. The van der Waals surface area contributed by atoms with Gasteiger partial charge < -0.3 is 10.2 Å². The molecule has 5 heteroatoms. The lowest BCUT2D eigenvalue weighted by Crippen LogP contribution is -2.45. The van der Waals surface area contributed by atoms with Crippen molar-refractivity contribution in [1.82, 2.24) is 15.3 Å². The maximum atomic E-state index is 12.7. The number of carbonyl (C=O) groups excluding carboxylic acids is 1. The lowest BCUT2D eigenvalue weighted by molar-refractivity contribution is -0.125. The zero-order chi connectivity index (χ0) is 17.4. The highest BCUT2D eigenvalue weighted by molar-refractivity contribution is 5.79. The second kappa shape index (κ2) is 6.77. The molecule has 2 aliphatic carbocycles. The van der Waals surface area contributed by atoms with E-state index >= 15 is 0 Å². The zero-order valence-electron chi connectivity index (χ0n) is 15.2. The number of hydrogen-bond acceptors (Lipinski definition) is 4. The number of rotatable bonds is 4. The molecular formula is C20H28N4O. The van der Waals surface area contributed by atoms with Gasteiger partial charge in [-0.05, 0) is 63.4 Å². The number of nitrogens with zero attached hydrogens (tertiary/aromatic N) is 3. The molecule has 3 aliphatic rings. The smallest absolute Gasteiger partial charge is 0.225 e. The first kappa shape index (κ1) is 16.6. The number of aromatic nitrogens is 2. The summed E-state index contributed by atoms with van der Waals surface area (Å²) >= 11 is 0. The minimum absolute atomic E-state index is 0.0484. The minimum Gasteiger partial charge on any atom is -0.356 e. The summed E-state index contributed by atoms with van der Waals surface area (Å²) in [5, 5.41) is 3.23. The summed E-state index contributed by atoms with van der Waals surface area (Å²) in [5.41, 5.74) is 1.97. The highest BCUT2D eigenvalue weighted by Gasteiger charge is 2.36. The lowest BCUT2D eigenvalue weighted by atomic mass is 9.92. The summed E-state index contributed by atoms with van der Waals surface area (Å²) in [6.45, 7) is 6.49. The predicted molar refractivity (Wildman–Crippen MR) is 98.3 cm³/mol. The first-order valence-corrected chi connectivity index (χ1v) is 9.62. The van der Waals surface area contributed by atoms with Crippen LogP contribution in [0.25, 0.3) is 0 Å². The van der Waals surface area contributed by atoms with Crippen LogP contribution in [-0.4, -0.2) is 35.5 Å². The number of fused-ring (bicyclic) bond motifs is 2. The maximum absolute atomic E-state index is 12.7. The number of allylic oxidation sites excluding steroid dienone is 2. The fourth-order valence-electron chi connectivity index (χ4n) is 4.73. The van der Waals surface area contributed by atoms with E-state index in [1.54, 1.807) is 0 Å². The van der Waals surface area contributed by atoms with E-state index in [-0.39, 0.29) is 11.8 Å². The number of amides is 1. The van der Waals surface area contributed by atoms with Gasteiger partial charge in [-0.3, -0.25) is 4.79 Å². The van der Waals surface area contributed by atoms with Crippen molar-refractivity contribution in [2.75, 3.05) is 24.5 Å². The van der Waals surface area contributed by atoms with Crippen molar-refractivity contribution in [3.63, 3.8) is 0 Å². The van der Waals surface area contributed by atoms with E-state index in [0.717, 1.165) is 55.7 Å². The maximum Gasteiger partial charge on any atom is 0.225 e. The van der Waals surface area contributed by atoms with Gasteiger partial charge in [0.2, 0.25) is 11.9 Å². The first-order valence-electron chi connectivity index (χ1n) is 9.62. The Bertz CT molecular complexity index is 666. The van der Waals surface area contributed by atoms with Crippen molar-refractivity contribution >= 4 is 11.9 Å². The number of hydrogen-bond donors (Lipinski definition) is 1. The van der Waals surface area contributed by atoms with Gasteiger partial charge in [-0.1, -0.05) is 12.2 Å². The topological polar surface area (TPSA) is 58.1 Å². The van der Waals surface area contributed by atoms with E-state index in [0.29, 0.717) is 11.8 Å². The highest BCUT2D eigenvalue weighted by Crippen LogP contribution is 2.43. The molecule has 1 aromatic heterocycles. The molecule has 0 radical (unpaired) electrons. The van der Waals surface area contributed by atoms with Crippen molar-refractivity contribution in [2.24, 2.45) is 23.7 Å². The number of piperidine rings is 1. The van der Waals surface area contributed by atoms with E-state index in [1.807, 2.05) is 19.9 Å². The molecule has 134 valence electrons. The normalized spacial score (nSPS) is 30.7. The molecule has 0 spiro atoms. The van der Waals surface area contributed by atoms with Crippen LogP contribution in [0.15, 0.2) is 18.2 Å². The molecule has 0 aromatic carbocycles. The zero-order valence-corrected chi connectivity index (χ0v) is 15.2. The van der Waals surface area contributed by atoms with Crippen LogP contribution in [0.1, 0.15) is 37.1 Å². The molecule has 1 aromatic rings. The van der Waals surface area contributed by atoms with Gasteiger partial charge >= 0.3 is 0 Å². The van der Waals surface area contributed by atoms with Crippen molar-refractivity contribution in [3.8, 4) is 0 Å². The highest BCUT2D eigenvalue weighted by atomic mass is 16.1. The van der Waals surface area contributed by atoms with Crippen LogP contribution in [0.3, 0.4) is 0 Å². The Labute approximate surface area is 149 Å². The minimum atomic E-state index is 0.0484. The number of anilines is 1. The first-order chi connectivity index (χ1) is 12.1. The van der Waals surface area contributed by atoms with E-state index in [1.165, 1.54) is 12.8 Å². The van der Waals surface area contributed by atoms with Crippen LogP contribution in [0.5, 0.6) is 0 Å². The van der Waals surface area contributed by atoms with Gasteiger partial charge in [0.15, 0.2) is 0 Å². The molecule has 1 N–H and O–H groups in total. The summed E-state index contributed by atoms with van der Waals surface area (Å²) in [7, 11) is 0. The van der Waals surface area contributed by atoms with Gasteiger partial charge in [0, 0.05) is 31.0 Å². The van der Waals surface area contributed by atoms with Crippen LogP contribution in [0.2, 0.25) is 0 Å². The van der Waals surface area contributed by atoms with Crippen molar-refractivity contribution < 1.29 is 4.79 Å². The second-order valence-corrected chi connectivity index (χ2v) is 8.02. The molecular weight excluding hydrogens is 312 g/mol. The Hall–Kier alpha value is -1.91. The molecule has 2 heterocycles. The number of aryl methyl sites for hydroxylation is 2. The fourth-order valence-corrected chi connectivity index (χ4v) is 4.73. The molecule has 25 heavy (non-hydrogen) atoms. The molecule has 1 saturated carbocycles. The van der Waals surface area contributed by atoms with Gasteiger partial charge in [0.1, 0.15) is 0 Å². The van der Waals surface area contributed by atoms with Crippen molar-refractivity contribution in [1.29, 1.82) is 0 Å². The van der Waals surface area contributed by atoms with Gasteiger partial charge in [-0.25, -0.2) is 9.97 Å². The van der Waals surface area contributed by atoms with E-state index in [9.17, 15) is 4.79 Å². The van der Waals surface area contributed by atoms with E-state index in [4.69, 9.17) is 0 Å². The van der Waals surface area contributed by atoms with Crippen molar-refractivity contribution in [3.05, 3.63) is 29.6 Å². The lowest BCUT2D eigenvalue weighted by Gasteiger charge is -2.32. The molecule has 4 rings (SSSR count). The molecule has 1 saturated heterocycles. The largest absolute Gasteiger partial charge is 0.356 e. The Morgan fingerprint density at radius 3 is 2.72 bits per heavy atom. The second-order valence-electron chi connectivity index (χ2n) is 8.02. The SMILES string of the molecule is Cc1cc(C)nc(N2CCC[C@H](C(=O)NC[C@H]3C[C@H]4C=C[C@H]3C4)C2)n1. The summed E-state index contributed by atoms with van der Waals surface area (Å²) in [6, 6.07) is 1.99. The number of nitrogens with one attached hydrogen (secondary N) is 1. The number of carbonyl (C=O) groups is 1. The quantitative estimate of drug-likeness (QED) is 0.856. The van der Waals surface area contributed by atoms with Crippen LogP contribution < -0.4 is 10.2 Å². The molecule has 1 aliphatic heterocycles. The van der Waals surface area contributed by atoms with Crippen LogP contribution in [0.4, 0.5) is 5.95 Å². The fraction of sp³-hybridized carbons (Fsp3) is 0.650. The Balaban J connectivity index is 1.34. The monoisotopic (exact) mass is 340 g/mol. The van der Waals surface area contributed by atoms with Gasteiger partial charge in [-0.15, -0.1) is 0 Å². The Kier molecular flexibility index (Phi) is 4.48. The predicted octanol–water partition coefficient (Wildman–Crippen LogP) is 2.64. The van der Waals surface area contributed by atoms with Crippen LogP contribution in [0, 0.1) is 37.5 Å². The van der Waals surface area contributed by atoms with Gasteiger partial charge in [0.25, 0.3) is 0 Å². The van der Waals surface area contributed by atoms with Gasteiger partial charge in [0.05, 0.1) is 5.92 Å². The van der Waals surface area contributed by atoms with Gasteiger partial charge in [-0.2, -0.15) is 0 Å². The van der Waals surface area contributed by atoms with Crippen molar-refractivity contribution in [2.45, 2.75) is 39.5 Å². The third kappa shape index (κ3) is 3.55. The average Bonchev–Trinajstić information content (AvgIpc) is 3.22. The van der Waals surface area contributed by atoms with Crippen LogP contribution >= 0.6 is 0 Å². The molecule has 1 amide bonds. The Morgan fingerprint density at radius 2 is 2.04 bits per heavy atom. The summed E-state index contributed by atoms with van der Waals surface area (Å²) in [5.74, 6) is 3.12.